The largest absolute Gasteiger partial charge is 0.349 e. The van der Waals surface area contributed by atoms with Crippen LogP contribution in [0.5, 0.6) is 0 Å². The molecule has 0 fully saturated rings. The summed E-state index contributed by atoms with van der Waals surface area (Å²) >= 11 is 0. The number of nitrogens with zero attached hydrogens (tertiary/aromatic N) is 1. The van der Waals surface area contributed by atoms with Crippen LogP contribution in [0.3, 0.4) is 0 Å². The van der Waals surface area contributed by atoms with Crippen LogP contribution in [0.4, 0.5) is 0 Å². The zero-order chi connectivity index (χ0) is 12.1. The summed E-state index contributed by atoms with van der Waals surface area (Å²) in [5.74, 6) is -0.0604. The average Bonchev–Trinajstić information content (AvgIpc) is 2.40. The number of carbonyl (C=O) groups excluding carboxylic acids is 1. The Hall–Kier alpha value is -2.08. The summed E-state index contributed by atoms with van der Waals surface area (Å²) in [6.07, 6.45) is 7.18. The van der Waals surface area contributed by atoms with Crippen LogP contribution < -0.4 is 5.32 Å². The third kappa shape index (κ3) is 2.94. The van der Waals surface area contributed by atoms with Gasteiger partial charge in [0.05, 0.1) is 11.6 Å². The maximum atomic E-state index is 11.9. The number of hydrogen-bond donors (Lipinski definition) is 1. The van der Waals surface area contributed by atoms with Crippen molar-refractivity contribution in [1.29, 1.82) is 5.26 Å². The van der Waals surface area contributed by atoms with E-state index in [1.807, 2.05) is 6.07 Å². The van der Waals surface area contributed by atoms with Crippen LogP contribution in [-0.2, 0) is 0 Å². The summed E-state index contributed by atoms with van der Waals surface area (Å²) < 4.78 is 0. The maximum Gasteiger partial charge on any atom is 0.251 e. The molecule has 0 saturated carbocycles. The Morgan fingerprint density at radius 3 is 2.65 bits per heavy atom. The number of hydrogen-bond acceptors (Lipinski definition) is 2. The van der Waals surface area contributed by atoms with E-state index in [0.29, 0.717) is 11.1 Å². The lowest BCUT2D eigenvalue weighted by molar-refractivity contribution is 0.0934. The van der Waals surface area contributed by atoms with Crippen molar-refractivity contribution in [2.75, 3.05) is 0 Å². The number of benzene rings is 1. The molecule has 17 heavy (non-hydrogen) atoms. The maximum absolute atomic E-state index is 11.9. The number of carbonyl (C=O) groups is 1. The van der Waals surface area contributed by atoms with E-state index in [2.05, 4.69) is 17.5 Å². The molecule has 0 radical (unpaired) electrons. The monoisotopic (exact) mass is 226 g/mol. The van der Waals surface area contributed by atoms with Crippen molar-refractivity contribution in [1.82, 2.24) is 5.32 Å². The first kappa shape index (κ1) is 11.4. The molecule has 1 unspecified atom stereocenters. The van der Waals surface area contributed by atoms with E-state index in [9.17, 15) is 4.79 Å². The second-order valence-electron chi connectivity index (χ2n) is 4.14. The molecule has 0 saturated heterocycles. The molecule has 1 aromatic carbocycles. The van der Waals surface area contributed by atoms with Gasteiger partial charge in [0, 0.05) is 11.6 Å². The summed E-state index contributed by atoms with van der Waals surface area (Å²) in [6.45, 7) is 0. The van der Waals surface area contributed by atoms with Crippen molar-refractivity contribution in [3.63, 3.8) is 0 Å². The van der Waals surface area contributed by atoms with Gasteiger partial charge in [0.1, 0.15) is 0 Å². The van der Waals surface area contributed by atoms with E-state index in [1.54, 1.807) is 24.3 Å². The fourth-order valence-corrected chi connectivity index (χ4v) is 1.89. The molecule has 3 heteroatoms. The van der Waals surface area contributed by atoms with E-state index in [1.165, 1.54) is 0 Å². The van der Waals surface area contributed by atoms with Gasteiger partial charge in [-0.1, -0.05) is 12.2 Å². The zero-order valence-corrected chi connectivity index (χ0v) is 9.52. The van der Waals surface area contributed by atoms with Gasteiger partial charge < -0.3 is 5.32 Å². The summed E-state index contributed by atoms with van der Waals surface area (Å²) in [6, 6.07) is 8.97. The van der Waals surface area contributed by atoms with Crippen LogP contribution in [0.15, 0.2) is 36.4 Å². The van der Waals surface area contributed by atoms with Crippen LogP contribution in [0.2, 0.25) is 0 Å². The molecule has 0 aromatic heterocycles. The Balaban J connectivity index is 1.99. The summed E-state index contributed by atoms with van der Waals surface area (Å²) in [4.78, 5) is 11.9. The van der Waals surface area contributed by atoms with Gasteiger partial charge in [-0.2, -0.15) is 5.26 Å². The molecule has 1 N–H and O–H groups in total. The predicted octanol–water partition coefficient (Wildman–Crippen LogP) is 2.40. The smallest absolute Gasteiger partial charge is 0.251 e. The van der Waals surface area contributed by atoms with Crippen LogP contribution >= 0.6 is 0 Å². The Kier molecular flexibility index (Phi) is 3.56. The van der Waals surface area contributed by atoms with Crippen LogP contribution in [0, 0.1) is 11.3 Å². The van der Waals surface area contributed by atoms with Crippen LogP contribution in [0.25, 0.3) is 0 Å². The summed E-state index contributed by atoms with van der Waals surface area (Å²) in [5, 5.41) is 11.7. The summed E-state index contributed by atoms with van der Waals surface area (Å²) in [7, 11) is 0. The van der Waals surface area contributed by atoms with Crippen molar-refractivity contribution in [3.05, 3.63) is 47.5 Å². The Bertz CT molecular complexity index is 468. The number of nitriles is 1. The Labute approximate surface area is 101 Å². The first-order valence-corrected chi connectivity index (χ1v) is 5.75. The van der Waals surface area contributed by atoms with Crippen molar-refractivity contribution in [2.45, 2.75) is 25.3 Å². The van der Waals surface area contributed by atoms with E-state index in [4.69, 9.17) is 5.26 Å². The molecule has 0 heterocycles. The molecule has 0 aliphatic heterocycles. The number of nitrogens with one attached hydrogen (secondary N) is 1. The topological polar surface area (TPSA) is 52.9 Å². The molecular weight excluding hydrogens is 212 g/mol. The molecule has 1 atom stereocenters. The molecule has 1 amide bonds. The summed E-state index contributed by atoms with van der Waals surface area (Å²) in [5.41, 5.74) is 1.18. The zero-order valence-electron chi connectivity index (χ0n) is 9.52. The SMILES string of the molecule is N#Cc1ccc(C(=O)NC2CC=CCC2)cc1. The minimum atomic E-state index is -0.0604. The lowest BCUT2D eigenvalue weighted by Crippen LogP contribution is -2.35. The Morgan fingerprint density at radius 1 is 1.29 bits per heavy atom. The van der Waals surface area contributed by atoms with E-state index in [0.717, 1.165) is 19.3 Å². The molecule has 1 aromatic rings. The van der Waals surface area contributed by atoms with Crippen molar-refractivity contribution in [3.8, 4) is 6.07 Å². The van der Waals surface area contributed by atoms with Crippen molar-refractivity contribution < 1.29 is 4.79 Å². The van der Waals surface area contributed by atoms with E-state index >= 15 is 0 Å². The highest BCUT2D eigenvalue weighted by molar-refractivity contribution is 5.94. The predicted molar refractivity (Wildman–Crippen MR) is 65.4 cm³/mol. The van der Waals surface area contributed by atoms with Crippen LogP contribution in [-0.4, -0.2) is 11.9 Å². The molecule has 3 nitrogen and oxygen atoms in total. The standard InChI is InChI=1S/C14H14N2O/c15-10-11-6-8-12(9-7-11)14(17)16-13-4-2-1-3-5-13/h1-2,6-9,13H,3-5H2,(H,16,17). The van der Waals surface area contributed by atoms with Crippen molar-refractivity contribution >= 4 is 5.91 Å². The quantitative estimate of drug-likeness (QED) is 0.787. The minimum Gasteiger partial charge on any atom is -0.349 e. The van der Waals surface area contributed by atoms with Crippen molar-refractivity contribution in [2.24, 2.45) is 0 Å². The lowest BCUT2D eigenvalue weighted by Gasteiger charge is -2.19. The Morgan fingerprint density at radius 2 is 2.06 bits per heavy atom. The molecular formula is C14H14N2O. The van der Waals surface area contributed by atoms with Gasteiger partial charge in [-0.25, -0.2) is 0 Å². The highest BCUT2D eigenvalue weighted by Crippen LogP contribution is 2.11. The molecule has 2 rings (SSSR count). The van der Waals surface area contributed by atoms with Gasteiger partial charge in [0.15, 0.2) is 0 Å². The van der Waals surface area contributed by atoms with Gasteiger partial charge in [-0.15, -0.1) is 0 Å². The number of allylic oxidation sites excluding steroid dienone is 1. The fourth-order valence-electron chi connectivity index (χ4n) is 1.89. The average molecular weight is 226 g/mol. The van der Waals surface area contributed by atoms with Crippen LogP contribution in [0.1, 0.15) is 35.2 Å². The molecule has 86 valence electrons. The highest BCUT2D eigenvalue weighted by atomic mass is 16.1. The molecule has 0 bridgehead atoms. The van der Waals surface area contributed by atoms with E-state index < -0.39 is 0 Å². The van der Waals surface area contributed by atoms with Gasteiger partial charge >= 0.3 is 0 Å². The second kappa shape index (κ2) is 5.31. The molecule has 1 aliphatic rings. The minimum absolute atomic E-state index is 0.0604. The van der Waals surface area contributed by atoms with Gasteiger partial charge in [0.2, 0.25) is 0 Å². The second-order valence-corrected chi connectivity index (χ2v) is 4.14. The normalized spacial score (nSPS) is 18.4. The van der Waals surface area contributed by atoms with Gasteiger partial charge in [-0.05, 0) is 43.5 Å². The third-order valence-corrected chi connectivity index (χ3v) is 2.88. The van der Waals surface area contributed by atoms with E-state index in [-0.39, 0.29) is 11.9 Å². The van der Waals surface area contributed by atoms with Gasteiger partial charge in [-0.3, -0.25) is 4.79 Å². The number of amides is 1. The first-order chi connectivity index (χ1) is 8.29. The lowest BCUT2D eigenvalue weighted by atomic mass is 10.0. The van der Waals surface area contributed by atoms with Gasteiger partial charge in [0.25, 0.3) is 5.91 Å². The number of rotatable bonds is 2. The third-order valence-electron chi connectivity index (χ3n) is 2.88. The first-order valence-electron chi connectivity index (χ1n) is 5.75. The highest BCUT2D eigenvalue weighted by Gasteiger charge is 2.13. The fraction of sp³-hybridized carbons (Fsp3) is 0.286. The molecule has 1 aliphatic carbocycles. The molecule has 0 spiro atoms.